The molecule has 0 aliphatic carbocycles. The van der Waals surface area contributed by atoms with Crippen LogP contribution in [0.5, 0.6) is 5.75 Å². The van der Waals surface area contributed by atoms with E-state index in [4.69, 9.17) is 16.3 Å². The summed E-state index contributed by atoms with van der Waals surface area (Å²) in [7, 11) is -2.34. The van der Waals surface area contributed by atoms with Crippen LogP contribution in [0.3, 0.4) is 0 Å². The average Bonchev–Trinajstić information content (AvgIpc) is 2.66. The highest BCUT2D eigenvalue weighted by molar-refractivity contribution is 7.92. The van der Waals surface area contributed by atoms with Gasteiger partial charge in [0.1, 0.15) is 11.8 Å². The Morgan fingerprint density at radius 3 is 2.07 bits per heavy atom. The number of nitrogens with zero attached hydrogens (tertiary/aromatic N) is 1. The van der Waals surface area contributed by atoms with Gasteiger partial charge in [0, 0.05) is 19.0 Å². The fourth-order valence-electron chi connectivity index (χ4n) is 2.52. The van der Waals surface area contributed by atoms with Gasteiger partial charge in [-0.3, -0.25) is 9.10 Å². The van der Waals surface area contributed by atoms with E-state index < -0.39 is 22.0 Å². The van der Waals surface area contributed by atoms with Crippen LogP contribution in [0, 0.1) is 5.92 Å². The number of anilines is 1. The van der Waals surface area contributed by atoms with E-state index >= 15 is 0 Å². The highest BCUT2D eigenvalue weighted by atomic mass is 35.5. The summed E-state index contributed by atoms with van der Waals surface area (Å²) >= 11 is 5.81. The van der Waals surface area contributed by atoms with E-state index in [0.717, 1.165) is 4.31 Å². The zero-order valence-corrected chi connectivity index (χ0v) is 18.1. The number of amides is 1. The highest BCUT2D eigenvalue weighted by Gasteiger charge is 2.25. The molecule has 0 radical (unpaired) electrons. The predicted octanol–water partition coefficient (Wildman–Crippen LogP) is 3.23. The number of hydrogen-bond acceptors (Lipinski definition) is 5. The van der Waals surface area contributed by atoms with Gasteiger partial charge in [0.05, 0.1) is 10.6 Å². The molecular weight excluding hydrogens is 416 g/mol. The fourth-order valence-corrected chi connectivity index (χ4v) is 3.85. The Morgan fingerprint density at radius 2 is 1.59 bits per heavy atom. The monoisotopic (exact) mass is 438 g/mol. The maximum absolute atomic E-state index is 12.7. The minimum absolute atomic E-state index is 0.106. The first-order valence-electron chi connectivity index (χ1n) is 8.85. The number of hydrogen-bond donors (Lipinski definition) is 1. The molecule has 1 atom stereocenters. The normalized spacial score (nSPS) is 12.3. The molecule has 7 nitrogen and oxygen atoms in total. The van der Waals surface area contributed by atoms with Crippen molar-refractivity contribution >= 4 is 39.2 Å². The third-order valence-corrected chi connectivity index (χ3v) is 6.22. The summed E-state index contributed by atoms with van der Waals surface area (Å²) in [6, 6.07) is 11.1. The third kappa shape index (κ3) is 5.71. The molecule has 0 aliphatic heterocycles. The van der Waals surface area contributed by atoms with Gasteiger partial charge in [-0.1, -0.05) is 25.4 Å². The van der Waals surface area contributed by atoms with E-state index in [-0.39, 0.29) is 22.5 Å². The van der Waals surface area contributed by atoms with Crippen LogP contribution in [-0.4, -0.2) is 33.4 Å². The number of nitrogens with one attached hydrogen (secondary N) is 1. The van der Waals surface area contributed by atoms with Crippen LogP contribution in [0.1, 0.15) is 20.8 Å². The largest absolute Gasteiger partial charge is 0.425 e. The zero-order valence-electron chi connectivity index (χ0n) is 16.5. The molecule has 0 bridgehead atoms. The van der Waals surface area contributed by atoms with Gasteiger partial charge in [0.25, 0.3) is 10.0 Å². The minimum atomic E-state index is -3.76. The van der Waals surface area contributed by atoms with Gasteiger partial charge in [-0.05, 0) is 54.4 Å². The molecule has 0 saturated carbocycles. The first-order chi connectivity index (χ1) is 13.5. The Labute approximate surface area is 175 Å². The molecule has 9 heteroatoms. The summed E-state index contributed by atoms with van der Waals surface area (Å²) in [5.41, 5.74) is 0.391. The summed E-state index contributed by atoms with van der Waals surface area (Å²) in [6.07, 6.45) is 0. The molecule has 0 fully saturated rings. The molecular formula is C20H23ClN2O5S. The fraction of sp³-hybridized carbons (Fsp3) is 0.300. The van der Waals surface area contributed by atoms with Crippen LogP contribution in [0.25, 0.3) is 0 Å². The van der Waals surface area contributed by atoms with Gasteiger partial charge in [0.2, 0.25) is 5.91 Å². The molecule has 1 unspecified atom stereocenters. The Hall–Kier alpha value is -2.58. The van der Waals surface area contributed by atoms with Crippen LogP contribution in [0.2, 0.25) is 5.02 Å². The zero-order chi connectivity index (χ0) is 21.8. The van der Waals surface area contributed by atoms with Crippen LogP contribution < -0.4 is 14.4 Å². The van der Waals surface area contributed by atoms with Crippen molar-refractivity contribution in [2.24, 2.45) is 5.92 Å². The number of carbonyl (C=O) groups excluding carboxylic acids is 2. The van der Waals surface area contributed by atoms with Crippen molar-refractivity contribution in [2.75, 3.05) is 11.4 Å². The maximum Gasteiger partial charge on any atom is 0.334 e. The quantitative estimate of drug-likeness (QED) is 0.529. The van der Waals surface area contributed by atoms with Crippen molar-refractivity contribution in [3.05, 3.63) is 53.6 Å². The van der Waals surface area contributed by atoms with Gasteiger partial charge in [-0.2, -0.15) is 0 Å². The van der Waals surface area contributed by atoms with E-state index in [9.17, 15) is 18.0 Å². The Bertz CT molecular complexity index is 973. The van der Waals surface area contributed by atoms with Crippen LogP contribution in [-0.2, 0) is 19.6 Å². The maximum atomic E-state index is 12.7. The average molecular weight is 439 g/mol. The molecule has 0 heterocycles. The lowest BCUT2D eigenvalue weighted by Crippen LogP contribution is -2.45. The van der Waals surface area contributed by atoms with Crippen LogP contribution >= 0.6 is 11.6 Å². The van der Waals surface area contributed by atoms with Gasteiger partial charge in [-0.15, -0.1) is 0 Å². The number of benzene rings is 2. The van der Waals surface area contributed by atoms with E-state index in [1.54, 1.807) is 13.8 Å². The molecule has 0 saturated heterocycles. The summed E-state index contributed by atoms with van der Waals surface area (Å²) in [5.74, 6) is -0.830. The van der Waals surface area contributed by atoms with Crippen molar-refractivity contribution in [3.63, 3.8) is 0 Å². The second kappa shape index (κ2) is 9.28. The van der Waals surface area contributed by atoms with Crippen LogP contribution in [0.15, 0.2) is 53.4 Å². The lowest BCUT2D eigenvalue weighted by molar-refractivity contribution is -0.140. The smallest absolute Gasteiger partial charge is 0.334 e. The SMILES string of the molecule is CC(=O)NC(C(=O)Oc1ccc(N(C)S(=O)(=O)c2ccc(Cl)cc2)cc1)C(C)C. The lowest BCUT2D eigenvalue weighted by Gasteiger charge is -2.21. The van der Waals surface area contributed by atoms with Gasteiger partial charge in [-0.25, -0.2) is 13.2 Å². The van der Waals surface area contributed by atoms with Gasteiger partial charge < -0.3 is 10.1 Å². The molecule has 0 aromatic heterocycles. The Balaban J connectivity index is 2.16. The number of sulfonamides is 1. The molecule has 1 amide bonds. The summed E-state index contributed by atoms with van der Waals surface area (Å²) in [6.45, 7) is 4.91. The standard InChI is InChI=1S/C20H23ClN2O5S/c1-13(2)19(22-14(3)24)20(25)28-17-9-7-16(8-10-17)23(4)29(26,27)18-11-5-15(21)6-12-18/h5-13,19H,1-4H3,(H,22,24). The molecule has 0 aliphatic rings. The summed E-state index contributed by atoms with van der Waals surface area (Å²) in [4.78, 5) is 23.7. The molecule has 1 N–H and O–H groups in total. The van der Waals surface area contributed by atoms with E-state index in [1.807, 2.05) is 0 Å². The van der Waals surface area contributed by atoms with Crippen LogP contribution in [0.4, 0.5) is 5.69 Å². The molecule has 2 rings (SSSR count). The van der Waals surface area contributed by atoms with Gasteiger partial charge in [0.15, 0.2) is 0 Å². The first kappa shape index (κ1) is 22.7. The van der Waals surface area contributed by atoms with Crippen molar-refractivity contribution in [2.45, 2.75) is 31.7 Å². The van der Waals surface area contributed by atoms with Crippen molar-refractivity contribution in [3.8, 4) is 5.75 Å². The van der Waals surface area contributed by atoms with Crippen molar-refractivity contribution in [1.82, 2.24) is 5.32 Å². The lowest BCUT2D eigenvalue weighted by atomic mass is 10.0. The van der Waals surface area contributed by atoms with E-state index in [2.05, 4.69) is 5.32 Å². The Morgan fingerprint density at radius 1 is 1.03 bits per heavy atom. The summed E-state index contributed by atoms with van der Waals surface area (Å²) < 4.78 is 31.9. The first-order valence-corrected chi connectivity index (χ1v) is 10.7. The van der Waals surface area contributed by atoms with Crippen molar-refractivity contribution < 1.29 is 22.7 Å². The number of carbonyl (C=O) groups is 2. The molecule has 2 aromatic carbocycles. The molecule has 0 spiro atoms. The minimum Gasteiger partial charge on any atom is -0.425 e. The number of halogens is 1. The molecule has 2 aromatic rings. The van der Waals surface area contributed by atoms with E-state index in [1.165, 1.54) is 62.5 Å². The second-order valence-electron chi connectivity index (χ2n) is 6.76. The molecule has 156 valence electrons. The predicted molar refractivity (Wildman–Crippen MR) is 112 cm³/mol. The molecule has 29 heavy (non-hydrogen) atoms. The number of esters is 1. The number of rotatable bonds is 7. The number of ether oxygens (including phenoxy) is 1. The summed E-state index contributed by atoms with van der Waals surface area (Å²) in [5, 5.41) is 3.00. The van der Waals surface area contributed by atoms with E-state index in [0.29, 0.717) is 10.7 Å². The highest BCUT2D eigenvalue weighted by Crippen LogP contribution is 2.25. The van der Waals surface area contributed by atoms with Crippen molar-refractivity contribution in [1.29, 1.82) is 0 Å². The second-order valence-corrected chi connectivity index (χ2v) is 9.17. The topological polar surface area (TPSA) is 92.8 Å². The third-order valence-electron chi connectivity index (χ3n) is 4.17. The van der Waals surface area contributed by atoms with Gasteiger partial charge >= 0.3 is 5.97 Å². The Kier molecular flexibility index (Phi) is 7.26.